The van der Waals surface area contributed by atoms with Gasteiger partial charge in [-0.05, 0) is 19.4 Å². The fraction of sp³-hybridized carbons (Fsp3) is 0.636. The van der Waals surface area contributed by atoms with Gasteiger partial charge in [0.1, 0.15) is 0 Å². The van der Waals surface area contributed by atoms with Gasteiger partial charge in [-0.3, -0.25) is 9.69 Å². The van der Waals surface area contributed by atoms with Crippen LogP contribution in [0.5, 0.6) is 0 Å². The number of carbonyl (C=O) groups is 1. The van der Waals surface area contributed by atoms with Gasteiger partial charge in [0.2, 0.25) is 5.78 Å². The summed E-state index contributed by atoms with van der Waals surface area (Å²) in [6, 6.07) is 0.373. The van der Waals surface area contributed by atoms with Gasteiger partial charge < -0.3 is 5.73 Å². The zero-order chi connectivity index (χ0) is 11.4. The number of Topliss-reactive ketones (excluding diaryl/α,β-unsaturated/α-hetero) is 1. The Morgan fingerprint density at radius 2 is 2.50 bits per heavy atom. The monoisotopic (exact) mass is 239 g/mol. The molecule has 4 nitrogen and oxygen atoms in total. The molecule has 1 unspecified atom stereocenters. The predicted octanol–water partition coefficient (Wildman–Crippen LogP) is 1.14. The molecular weight excluding hydrogens is 222 g/mol. The number of rotatable bonds is 4. The molecule has 0 aromatic carbocycles. The minimum Gasteiger partial charge on any atom is -0.329 e. The van der Waals surface area contributed by atoms with Gasteiger partial charge in [0.05, 0.1) is 6.54 Å². The Kier molecular flexibility index (Phi) is 4.04. The Labute approximate surface area is 99.5 Å². The summed E-state index contributed by atoms with van der Waals surface area (Å²) >= 11 is 1.41. The predicted molar refractivity (Wildman–Crippen MR) is 64.7 cm³/mol. The van der Waals surface area contributed by atoms with Crippen LogP contribution in [0.3, 0.4) is 0 Å². The van der Waals surface area contributed by atoms with E-state index in [0.29, 0.717) is 24.1 Å². The number of hydrogen-bond donors (Lipinski definition) is 1. The van der Waals surface area contributed by atoms with Gasteiger partial charge >= 0.3 is 0 Å². The number of piperidine rings is 1. The fourth-order valence-corrected chi connectivity index (χ4v) is 2.72. The maximum Gasteiger partial charge on any atom is 0.205 e. The van der Waals surface area contributed by atoms with Gasteiger partial charge in [-0.2, -0.15) is 0 Å². The molecule has 5 heteroatoms. The SMILES string of the molecule is NCC1CCCCN1CC(=O)c1nccs1. The van der Waals surface area contributed by atoms with Crippen LogP contribution in [0.1, 0.15) is 29.1 Å². The average molecular weight is 239 g/mol. The van der Waals surface area contributed by atoms with Crippen molar-refractivity contribution in [2.24, 2.45) is 5.73 Å². The van der Waals surface area contributed by atoms with E-state index in [-0.39, 0.29) is 5.78 Å². The Balaban J connectivity index is 1.95. The van der Waals surface area contributed by atoms with E-state index in [1.807, 2.05) is 5.38 Å². The number of carbonyl (C=O) groups excluding carboxylic acids is 1. The van der Waals surface area contributed by atoms with Gasteiger partial charge in [0.15, 0.2) is 5.01 Å². The quantitative estimate of drug-likeness (QED) is 0.800. The molecule has 2 rings (SSSR count). The first-order valence-corrected chi connectivity index (χ1v) is 6.56. The summed E-state index contributed by atoms with van der Waals surface area (Å²) in [6.45, 7) is 2.10. The number of likely N-dealkylation sites (tertiary alicyclic amines) is 1. The first-order chi connectivity index (χ1) is 7.81. The third-order valence-corrected chi connectivity index (χ3v) is 3.85. The van der Waals surface area contributed by atoms with Gasteiger partial charge in [-0.15, -0.1) is 11.3 Å². The van der Waals surface area contributed by atoms with E-state index >= 15 is 0 Å². The molecular formula is C11H17N3OS. The van der Waals surface area contributed by atoms with Crippen LogP contribution in [0.2, 0.25) is 0 Å². The van der Waals surface area contributed by atoms with Gasteiger partial charge in [-0.25, -0.2) is 4.98 Å². The van der Waals surface area contributed by atoms with E-state index in [9.17, 15) is 4.79 Å². The van der Waals surface area contributed by atoms with E-state index in [1.54, 1.807) is 6.20 Å². The summed E-state index contributed by atoms with van der Waals surface area (Å²) in [5, 5.41) is 2.45. The second-order valence-corrected chi connectivity index (χ2v) is 5.01. The highest BCUT2D eigenvalue weighted by Crippen LogP contribution is 2.17. The highest BCUT2D eigenvalue weighted by atomic mass is 32.1. The number of ketones is 1. The van der Waals surface area contributed by atoms with Crippen LogP contribution in [0, 0.1) is 0 Å². The summed E-state index contributed by atoms with van der Waals surface area (Å²) in [6.07, 6.45) is 5.18. The molecule has 0 saturated carbocycles. The third kappa shape index (κ3) is 2.66. The summed E-state index contributed by atoms with van der Waals surface area (Å²) in [7, 11) is 0. The molecule has 0 radical (unpaired) electrons. The number of thiazole rings is 1. The van der Waals surface area contributed by atoms with Crippen LogP contribution in [0.15, 0.2) is 11.6 Å². The largest absolute Gasteiger partial charge is 0.329 e. The molecule has 1 aliphatic heterocycles. The van der Waals surface area contributed by atoms with Gasteiger partial charge in [-0.1, -0.05) is 6.42 Å². The van der Waals surface area contributed by atoms with Crippen molar-refractivity contribution >= 4 is 17.1 Å². The van der Waals surface area contributed by atoms with Crippen molar-refractivity contribution < 1.29 is 4.79 Å². The van der Waals surface area contributed by atoms with Crippen LogP contribution < -0.4 is 5.73 Å². The molecule has 0 bridgehead atoms. The first-order valence-electron chi connectivity index (χ1n) is 5.68. The fourth-order valence-electron chi connectivity index (χ4n) is 2.15. The Morgan fingerprint density at radius 1 is 1.62 bits per heavy atom. The molecule has 1 aromatic heterocycles. The lowest BCUT2D eigenvalue weighted by atomic mass is 10.0. The Morgan fingerprint density at radius 3 is 3.19 bits per heavy atom. The smallest absolute Gasteiger partial charge is 0.205 e. The van der Waals surface area contributed by atoms with E-state index in [0.717, 1.165) is 13.0 Å². The van der Waals surface area contributed by atoms with Crippen molar-refractivity contribution in [3.05, 3.63) is 16.6 Å². The summed E-state index contributed by atoms with van der Waals surface area (Å²) in [5.74, 6) is 0.121. The molecule has 2 N–H and O–H groups in total. The van der Waals surface area contributed by atoms with Crippen LogP contribution in [0.25, 0.3) is 0 Å². The molecule has 1 atom stereocenters. The molecule has 2 heterocycles. The highest BCUT2D eigenvalue weighted by Gasteiger charge is 2.24. The zero-order valence-electron chi connectivity index (χ0n) is 9.26. The third-order valence-electron chi connectivity index (χ3n) is 3.04. The lowest BCUT2D eigenvalue weighted by molar-refractivity contribution is 0.0851. The Hall–Kier alpha value is -0.780. The normalized spacial score (nSPS) is 22.2. The minimum absolute atomic E-state index is 0.121. The zero-order valence-corrected chi connectivity index (χ0v) is 10.1. The molecule has 0 spiro atoms. The van der Waals surface area contributed by atoms with Crippen molar-refractivity contribution in [2.45, 2.75) is 25.3 Å². The van der Waals surface area contributed by atoms with E-state index in [1.165, 1.54) is 24.2 Å². The lowest BCUT2D eigenvalue weighted by Gasteiger charge is -2.34. The Bertz CT molecular complexity index is 339. The second kappa shape index (κ2) is 5.52. The van der Waals surface area contributed by atoms with Gasteiger partial charge in [0.25, 0.3) is 0 Å². The highest BCUT2D eigenvalue weighted by molar-refractivity contribution is 7.11. The van der Waals surface area contributed by atoms with Crippen LogP contribution in [0.4, 0.5) is 0 Å². The average Bonchev–Trinajstić information content (AvgIpc) is 2.83. The lowest BCUT2D eigenvalue weighted by Crippen LogP contribution is -2.46. The first kappa shape index (κ1) is 11.7. The minimum atomic E-state index is 0.121. The van der Waals surface area contributed by atoms with Crippen molar-refractivity contribution in [2.75, 3.05) is 19.6 Å². The maximum absolute atomic E-state index is 11.9. The number of nitrogens with zero attached hydrogens (tertiary/aromatic N) is 2. The van der Waals surface area contributed by atoms with E-state index in [2.05, 4.69) is 9.88 Å². The topological polar surface area (TPSA) is 59.2 Å². The van der Waals surface area contributed by atoms with Crippen molar-refractivity contribution in [1.29, 1.82) is 0 Å². The summed E-state index contributed by atoms with van der Waals surface area (Å²) in [5.41, 5.74) is 5.72. The molecule has 0 aliphatic carbocycles. The maximum atomic E-state index is 11.9. The van der Waals surface area contributed by atoms with E-state index < -0.39 is 0 Å². The van der Waals surface area contributed by atoms with Crippen LogP contribution in [-0.4, -0.2) is 41.3 Å². The van der Waals surface area contributed by atoms with E-state index in [4.69, 9.17) is 5.73 Å². The van der Waals surface area contributed by atoms with Crippen LogP contribution >= 0.6 is 11.3 Å². The summed E-state index contributed by atoms with van der Waals surface area (Å²) in [4.78, 5) is 18.1. The molecule has 1 aliphatic rings. The second-order valence-electron chi connectivity index (χ2n) is 4.12. The van der Waals surface area contributed by atoms with Crippen molar-refractivity contribution in [3.8, 4) is 0 Å². The van der Waals surface area contributed by atoms with Crippen molar-refractivity contribution in [1.82, 2.24) is 9.88 Å². The number of hydrogen-bond acceptors (Lipinski definition) is 5. The molecule has 88 valence electrons. The molecule has 16 heavy (non-hydrogen) atoms. The number of nitrogens with two attached hydrogens (primary N) is 1. The number of aromatic nitrogens is 1. The molecule has 0 amide bonds. The molecule has 1 aromatic rings. The molecule has 1 saturated heterocycles. The van der Waals surface area contributed by atoms with Gasteiger partial charge in [0, 0.05) is 24.2 Å². The van der Waals surface area contributed by atoms with Crippen molar-refractivity contribution in [3.63, 3.8) is 0 Å². The van der Waals surface area contributed by atoms with Crippen LogP contribution in [-0.2, 0) is 0 Å². The summed E-state index contributed by atoms with van der Waals surface area (Å²) < 4.78 is 0. The molecule has 1 fully saturated rings. The standard InChI is InChI=1S/C11H17N3OS/c12-7-9-3-1-2-5-14(9)8-10(15)11-13-4-6-16-11/h4,6,9H,1-3,5,7-8,12H2.